The highest BCUT2D eigenvalue weighted by atomic mass is 19.1. The van der Waals surface area contributed by atoms with Crippen molar-refractivity contribution in [3.05, 3.63) is 35.1 Å². The Morgan fingerprint density at radius 2 is 2.25 bits per heavy atom. The molecule has 0 aliphatic heterocycles. The fraction of sp³-hybridized carbons (Fsp3) is 0.438. The fourth-order valence-corrected chi connectivity index (χ4v) is 1.79. The van der Waals surface area contributed by atoms with Crippen molar-refractivity contribution >= 4 is 5.91 Å². The van der Waals surface area contributed by atoms with Gasteiger partial charge in [-0.3, -0.25) is 4.79 Å². The Morgan fingerprint density at radius 3 is 2.85 bits per heavy atom. The Balaban J connectivity index is 2.72. The molecule has 0 radical (unpaired) electrons. The average Bonchev–Trinajstić information content (AvgIpc) is 2.43. The summed E-state index contributed by atoms with van der Waals surface area (Å²) in [6.07, 6.45) is 3.07. The van der Waals surface area contributed by atoms with Crippen molar-refractivity contribution in [3.63, 3.8) is 0 Å². The lowest BCUT2D eigenvalue weighted by Gasteiger charge is -2.13. The molecule has 1 aromatic rings. The number of hydrogen-bond acceptors (Lipinski definition) is 2. The van der Waals surface area contributed by atoms with Gasteiger partial charge in [0.2, 0.25) is 0 Å². The van der Waals surface area contributed by atoms with Gasteiger partial charge in [-0.2, -0.15) is 0 Å². The zero-order chi connectivity index (χ0) is 15.0. The quantitative estimate of drug-likeness (QED) is 0.812. The molecular weight excluding hydrogens is 255 g/mol. The molecular formula is C16H21FN2O. The Labute approximate surface area is 119 Å². The molecule has 20 heavy (non-hydrogen) atoms. The van der Waals surface area contributed by atoms with E-state index in [1.54, 1.807) is 6.07 Å². The molecule has 3 N–H and O–H groups in total. The summed E-state index contributed by atoms with van der Waals surface area (Å²) in [6.45, 7) is 4.23. The summed E-state index contributed by atoms with van der Waals surface area (Å²) in [5, 5.41) is 2.86. The maximum absolute atomic E-state index is 13.8. The number of amides is 1. The van der Waals surface area contributed by atoms with Gasteiger partial charge in [0.05, 0.1) is 12.1 Å². The molecule has 1 atom stereocenters. The smallest absolute Gasteiger partial charge is 0.251 e. The maximum Gasteiger partial charge on any atom is 0.251 e. The summed E-state index contributed by atoms with van der Waals surface area (Å²) in [7, 11) is 0. The number of nitrogens with two attached hydrogens (primary N) is 1. The maximum atomic E-state index is 13.8. The molecule has 1 unspecified atom stereocenters. The van der Waals surface area contributed by atoms with Crippen molar-refractivity contribution in [1.82, 2.24) is 5.32 Å². The number of carbonyl (C=O) groups excluding carboxylic acids is 1. The van der Waals surface area contributed by atoms with Crippen molar-refractivity contribution in [2.24, 2.45) is 5.73 Å². The van der Waals surface area contributed by atoms with Gasteiger partial charge >= 0.3 is 0 Å². The third-order valence-corrected chi connectivity index (χ3v) is 2.92. The van der Waals surface area contributed by atoms with E-state index in [4.69, 9.17) is 5.73 Å². The summed E-state index contributed by atoms with van der Waals surface area (Å²) in [6, 6.07) is 4.37. The van der Waals surface area contributed by atoms with E-state index in [-0.39, 0.29) is 24.1 Å². The van der Waals surface area contributed by atoms with Gasteiger partial charge in [-0.15, -0.1) is 0 Å². The molecule has 1 rings (SSSR count). The van der Waals surface area contributed by atoms with E-state index in [9.17, 15) is 9.18 Å². The monoisotopic (exact) mass is 276 g/mol. The Bertz CT molecular complexity index is 517. The van der Waals surface area contributed by atoms with Crippen LogP contribution in [0.5, 0.6) is 0 Å². The third-order valence-electron chi connectivity index (χ3n) is 2.92. The molecule has 0 bridgehead atoms. The SMILES string of the molecule is CCCCC(C)NC(=O)c1ccc(C#CCN)c(F)c1. The largest absolute Gasteiger partial charge is 0.350 e. The van der Waals surface area contributed by atoms with Crippen LogP contribution in [0.25, 0.3) is 0 Å². The van der Waals surface area contributed by atoms with Gasteiger partial charge in [0.15, 0.2) is 0 Å². The van der Waals surface area contributed by atoms with Crippen molar-refractivity contribution in [3.8, 4) is 11.8 Å². The molecule has 0 saturated heterocycles. The molecule has 0 spiro atoms. The minimum Gasteiger partial charge on any atom is -0.350 e. The van der Waals surface area contributed by atoms with Gasteiger partial charge in [-0.25, -0.2) is 4.39 Å². The van der Waals surface area contributed by atoms with E-state index in [0.29, 0.717) is 5.56 Å². The van der Waals surface area contributed by atoms with E-state index in [1.807, 2.05) is 6.92 Å². The lowest BCUT2D eigenvalue weighted by atomic mass is 10.1. The van der Waals surface area contributed by atoms with Crippen LogP contribution < -0.4 is 11.1 Å². The number of halogens is 1. The summed E-state index contributed by atoms with van der Waals surface area (Å²) < 4.78 is 13.8. The van der Waals surface area contributed by atoms with E-state index in [1.165, 1.54) is 12.1 Å². The summed E-state index contributed by atoms with van der Waals surface area (Å²) in [4.78, 5) is 12.0. The zero-order valence-electron chi connectivity index (χ0n) is 12.0. The van der Waals surface area contributed by atoms with Crippen molar-refractivity contribution in [2.45, 2.75) is 39.2 Å². The van der Waals surface area contributed by atoms with Gasteiger partial charge in [-0.1, -0.05) is 31.6 Å². The summed E-state index contributed by atoms with van der Waals surface area (Å²) >= 11 is 0. The minimum absolute atomic E-state index is 0.0854. The molecule has 3 nitrogen and oxygen atoms in total. The number of rotatable bonds is 5. The van der Waals surface area contributed by atoms with Crippen molar-refractivity contribution in [1.29, 1.82) is 0 Å². The molecule has 1 aromatic carbocycles. The Morgan fingerprint density at radius 1 is 1.50 bits per heavy atom. The fourth-order valence-electron chi connectivity index (χ4n) is 1.79. The first kappa shape index (κ1) is 16.2. The molecule has 1 amide bonds. The first-order chi connectivity index (χ1) is 9.58. The van der Waals surface area contributed by atoms with Gasteiger partial charge in [0, 0.05) is 11.6 Å². The predicted octanol–water partition coefficient (Wildman–Crippen LogP) is 2.44. The topological polar surface area (TPSA) is 55.1 Å². The van der Waals surface area contributed by atoms with Crippen LogP contribution in [-0.2, 0) is 0 Å². The number of unbranched alkanes of at least 4 members (excludes halogenated alkanes) is 1. The molecule has 0 fully saturated rings. The number of carbonyl (C=O) groups is 1. The highest BCUT2D eigenvalue weighted by Crippen LogP contribution is 2.10. The van der Waals surface area contributed by atoms with Crippen LogP contribution in [0.4, 0.5) is 4.39 Å². The minimum atomic E-state index is -0.500. The summed E-state index contributed by atoms with van der Waals surface area (Å²) in [5.74, 6) is 4.45. The van der Waals surface area contributed by atoms with E-state index in [2.05, 4.69) is 24.1 Å². The van der Waals surface area contributed by atoms with E-state index < -0.39 is 5.82 Å². The van der Waals surface area contributed by atoms with Gasteiger partial charge < -0.3 is 11.1 Å². The van der Waals surface area contributed by atoms with Crippen LogP contribution >= 0.6 is 0 Å². The Kier molecular flexibility index (Phi) is 6.75. The van der Waals surface area contributed by atoms with Crippen LogP contribution in [0.1, 0.15) is 49.0 Å². The van der Waals surface area contributed by atoms with Gasteiger partial charge in [0.25, 0.3) is 5.91 Å². The van der Waals surface area contributed by atoms with Crippen LogP contribution in [0.15, 0.2) is 18.2 Å². The lowest BCUT2D eigenvalue weighted by Crippen LogP contribution is -2.32. The second-order valence-corrected chi connectivity index (χ2v) is 4.72. The lowest BCUT2D eigenvalue weighted by molar-refractivity contribution is 0.0937. The molecule has 108 valence electrons. The van der Waals surface area contributed by atoms with Gasteiger partial charge in [-0.05, 0) is 31.5 Å². The highest BCUT2D eigenvalue weighted by Gasteiger charge is 2.11. The number of benzene rings is 1. The third kappa shape index (κ3) is 5.02. The van der Waals surface area contributed by atoms with Crippen LogP contribution in [0.3, 0.4) is 0 Å². The first-order valence-corrected chi connectivity index (χ1v) is 6.87. The standard InChI is InChI=1S/C16H21FN2O/c1-3-4-6-12(2)19-16(20)14-9-8-13(7-5-10-18)15(17)11-14/h8-9,11-12H,3-4,6,10,18H2,1-2H3,(H,19,20). The molecule has 0 heterocycles. The normalized spacial score (nSPS) is 11.4. The predicted molar refractivity (Wildman–Crippen MR) is 78.8 cm³/mol. The van der Waals surface area contributed by atoms with Crippen LogP contribution in [0.2, 0.25) is 0 Å². The van der Waals surface area contributed by atoms with Crippen LogP contribution in [-0.4, -0.2) is 18.5 Å². The molecule has 0 aliphatic rings. The molecule has 0 saturated carbocycles. The molecule has 4 heteroatoms. The number of hydrogen-bond donors (Lipinski definition) is 2. The highest BCUT2D eigenvalue weighted by molar-refractivity contribution is 5.94. The molecule has 0 aromatic heterocycles. The summed E-state index contributed by atoms with van der Waals surface area (Å²) in [5.41, 5.74) is 5.80. The van der Waals surface area contributed by atoms with Crippen LogP contribution in [0, 0.1) is 17.7 Å². The van der Waals surface area contributed by atoms with Crippen molar-refractivity contribution in [2.75, 3.05) is 6.54 Å². The number of nitrogens with one attached hydrogen (secondary N) is 1. The average molecular weight is 276 g/mol. The Hall–Kier alpha value is -1.86. The molecule has 0 aliphatic carbocycles. The van der Waals surface area contributed by atoms with E-state index >= 15 is 0 Å². The second-order valence-electron chi connectivity index (χ2n) is 4.72. The first-order valence-electron chi connectivity index (χ1n) is 6.87. The second kappa shape index (κ2) is 8.34. The zero-order valence-corrected chi connectivity index (χ0v) is 12.0. The van der Waals surface area contributed by atoms with Gasteiger partial charge in [0.1, 0.15) is 5.82 Å². The van der Waals surface area contributed by atoms with E-state index in [0.717, 1.165) is 19.3 Å². The van der Waals surface area contributed by atoms with Crippen molar-refractivity contribution < 1.29 is 9.18 Å².